The zero-order valence-corrected chi connectivity index (χ0v) is 18.3. The number of nitrogens with zero attached hydrogens (tertiary/aromatic N) is 2. The predicted molar refractivity (Wildman–Crippen MR) is 111 cm³/mol. The van der Waals surface area contributed by atoms with E-state index in [0.29, 0.717) is 12.0 Å². The third-order valence-electron chi connectivity index (χ3n) is 6.67. The fourth-order valence-corrected chi connectivity index (χ4v) is 6.84. The minimum atomic E-state index is -1.06. The number of amides is 1. The Bertz CT molecular complexity index is 705. The first-order valence-electron chi connectivity index (χ1n) is 10.1. The number of aliphatic carboxylic acids is 1. The number of carboxylic acids is 1. The Kier molecular flexibility index (Phi) is 6.87. The highest BCUT2D eigenvalue weighted by molar-refractivity contribution is 8.03. The van der Waals surface area contributed by atoms with Gasteiger partial charge < -0.3 is 25.6 Å². The molecule has 3 saturated heterocycles. The van der Waals surface area contributed by atoms with E-state index in [2.05, 4.69) is 5.32 Å². The second-order valence-corrected chi connectivity index (χ2v) is 10.00. The third-order valence-corrected chi connectivity index (χ3v) is 8.18. The lowest BCUT2D eigenvalue weighted by molar-refractivity contribution is -0.163. The lowest BCUT2D eigenvalue weighted by atomic mass is 9.79. The van der Waals surface area contributed by atoms with Gasteiger partial charge in [0, 0.05) is 41.7 Å². The van der Waals surface area contributed by atoms with Crippen LogP contribution in [0.2, 0.25) is 0 Å². The van der Waals surface area contributed by atoms with Crippen LogP contribution in [0.5, 0.6) is 0 Å². The van der Waals surface area contributed by atoms with Gasteiger partial charge in [0.05, 0.1) is 18.1 Å². The quantitative estimate of drug-likeness (QED) is 0.448. The molecule has 0 aromatic rings. The molecule has 0 saturated carbocycles. The molecule has 4 aliphatic heterocycles. The molecule has 4 N–H and O–H groups in total. The molecular weight excluding hydrogens is 418 g/mol. The van der Waals surface area contributed by atoms with Crippen molar-refractivity contribution in [2.45, 2.75) is 56.5 Å². The molecule has 0 aromatic carbocycles. The fourth-order valence-electron chi connectivity index (χ4n) is 5.32. The maximum atomic E-state index is 12.4. The molecule has 4 rings (SSSR count). The lowest BCUT2D eigenvalue weighted by Gasteiger charge is -2.46. The van der Waals surface area contributed by atoms with Crippen molar-refractivity contribution in [1.29, 1.82) is 0 Å². The first kappa shape index (κ1) is 22.8. The van der Waals surface area contributed by atoms with Crippen LogP contribution in [0.15, 0.2) is 10.6 Å². The van der Waals surface area contributed by atoms with Gasteiger partial charge in [-0.15, -0.1) is 24.2 Å². The van der Waals surface area contributed by atoms with Crippen LogP contribution in [-0.4, -0.2) is 80.3 Å². The molecule has 164 valence electrons. The van der Waals surface area contributed by atoms with E-state index in [4.69, 9.17) is 0 Å². The summed E-state index contributed by atoms with van der Waals surface area (Å²) in [6, 6.07) is 0.128. The summed E-state index contributed by atoms with van der Waals surface area (Å²) in [5.74, 6) is -1.44. The van der Waals surface area contributed by atoms with Gasteiger partial charge in [0.1, 0.15) is 5.70 Å². The second kappa shape index (κ2) is 8.72. The molecule has 0 aromatic heterocycles. The van der Waals surface area contributed by atoms with Gasteiger partial charge in [-0.25, -0.2) is 4.79 Å². The van der Waals surface area contributed by atoms with Crippen LogP contribution >= 0.6 is 24.2 Å². The molecule has 7 atom stereocenters. The van der Waals surface area contributed by atoms with E-state index in [1.807, 2.05) is 6.92 Å². The number of carbonyl (C=O) groups excluding carboxylic acids is 1. The number of hydrogen-bond acceptors (Lipinski definition) is 7. The smallest absolute Gasteiger partial charge is 0.353 e. The van der Waals surface area contributed by atoms with Gasteiger partial charge in [-0.1, -0.05) is 6.92 Å². The SMILES string of the molecule is C[C@@H](O)[C@H]1C(=O)N2C(C(=O)O)=C(S[C@@H]3CN[C@@H](C[C@H]4CCN(O)C4)C3)[C@H](C)[C@H]12.Cl. The first-order valence-corrected chi connectivity index (χ1v) is 11.0. The number of β-lactam (4-membered cyclic amide) rings is 1. The van der Waals surface area contributed by atoms with Gasteiger partial charge in [-0.2, -0.15) is 5.06 Å². The normalized spacial score (nSPS) is 38.1. The molecular formula is C19H30ClN3O5S. The van der Waals surface area contributed by atoms with Gasteiger partial charge in [0.2, 0.25) is 5.91 Å². The van der Waals surface area contributed by atoms with Gasteiger partial charge in [0.25, 0.3) is 0 Å². The molecule has 29 heavy (non-hydrogen) atoms. The molecule has 0 bridgehead atoms. The monoisotopic (exact) mass is 447 g/mol. The summed E-state index contributed by atoms with van der Waals surface area (Å²) in [5.41, 5.74) is 0.111. The Balaban J connectivity index is 0.00000240. The molecule has 8 nitrogen and oxygen atoms in total. The van der Waals surface area contributed by atoms with Crippen LogP contribution in [-0.2, 0) is 9.59 Å². The maximum absolute atomic E-state index is 12.4. The number of hydrogen-bond donors (Lipinski definition) is 4. The Morgan fingerprint density at radius 3 is 2.72 bits per heavy atom. The minimum absolute atomic E-state index is 0. The number of nitrogens with one attached hydrogen (secondary N) is 1. The Morgan fingerprint density at radius 1 is 1.41 bits per heavy atom. The van der Waals surface area contributed by atoms with Crippen molar-refractivity contribution >= 4 is 36.0 Å². The van der Waals surface area contributed by atoms with Crippen LogP contribution in [0.1, 0.15) is 33.1 Å². The van der Waals surface area contributed by atoms with E-state index >= 15 is 0 Å². The summed E-state index contributed by atoms with van der Waals surface area (Å²) in [7, 11) is 0. The van der Waals surface area contributed by atoms with Crippen LogP contribution in [0, 0.1) is 17.8 Å². The van der Waals surface area contributed by atoms with Crippen molar-refractivity contribution in [3.8, 4) is 0 Å². The van der Waals surface area contributed by atoms with Gasteiger partial charge >= 0.3 is 5.97 Å². The van der Waals surface area contributed by atoms with Gasteiger partial charge in [0.15, 0.2) is 0 Å². The topological polar surface area (TPSA) is 113 Å². The zero-order valence-electron chi connectivity index (χ0n) is 16.7. The fraction of sp³-hybridized carbons (Fsp3) is 0.789. The van der Waals surface area contributed by atoms with Crippen molar-refractivity contribution in [1.82, 2.24) is 15.3 Å². The average molecular weight is 448 g/mol. The number of rotatable bonds is 6. The van der Waals surface area contributed by atoms with Gasteiger partial charge in [-0.05, 0) is 32.1 Å². The number of aliphatic hydroxyl groups is 1. The molecule has 0 radical (unpaired) electrons. The van der Waals surface area contributed by atoms with Crippen LogP contribution in [0.25, 0.3) is 0 Å². The first-order chi connectivity index (χ1) is 13.3. The maximum Gasteiger partial charge on any atom is 0.353 e. The third kappa shape index (κ3) is 4.05. The summed E-state index contributed by atoms with van der Waals surface area (Å²) in [6.45, 7) is 5.83. The van der Waals surface area contributed by atoms with Crippen molar-refractivity contribution in [2.24, 2.45) is 17.8 Å². The van der Waals surface area contributed by atoms with Crippen LogP contribution in [0.3, 0.4) is 0 Å². The summed E-state index contributed by atoms with van der Waals surface area (Å²) in [6.07, 6.45) is 2.21. The van der Waals surface area contributed by atoms with Crippen LogP contribution < -0.4 is 5.32 Å². The number of halogens is 1. The molecule has 0 unspecified atom stereocenters. The molecule has 0 aliphatic carbocycles. The summed E-state index contributed by atoms with van der Waals surface area (Å²) in [5, 5.41) is 34.4. The van der Waals surface area contributed by atoms with E-state index in [1.165, 1.54) is 9.96 Å². The highest BCUT2D eigenvalue weighted by atomic mass is 35.5. The summed E-state index contributed by atoms with van der Waals surface area (Å²) in [4.78, 5) is 26.5. The van der Waals surface area contributed by atoms with Crippen LogP contribution in [0.4, 0.5) is 0 Å². The molecule has 3 fully saturated rings. The highest BCUT2D eigenvalue weighted by Gasteiger charge is 2.60. The molecule has 4 aliphatic rings. The number of fused-ring (bicyclic) bond motifs is 1. The van der Waals surface area contributed by atoms with E-state index < -0.39 is 18.0 Å². The molecule has 1 amide bonds. The van der Waals surface area contributed by atoms with Crippen molar-refractivity contribution in [2.75, 3.05) is 19.6 Å². The summed E-state index contributed by atoms with van der Waals surface area (Å²) >= 11 is 1.59. The Morgan fingerprint density at radius 2 is 2.14 bits per heavy atom. The standard InChI is InChI=1S/C19H29N3O5S.ClH/c1-9-15-14(10(2)23)18(24)22(15)16(19(25)26)17(9)28-13-6-12(20-7-13)5-11-3-4-21(27)8-11;/h9-15,20,23,27H,3-8H2,1-2H3,(H,25,26);1H/t9-,10-,11-,12+,13+,14-,15-;/m1./s1. The number of thioether (sulfide) groups is 1. The number of carbonyl (C=O) groups is 2. The zero-order chi connectivity index (χ0) is 20.2. The van der Waals surface area contributed by atoms with E-state index in [0.717, 1.165) is 43.8 Å². The Hall–Kier alpha value is -0.840. The Labute approximate surface area is 181 Å². The van der Waals surface area contributed by atoms with E-state index in [9.17, 15) is 25.0 Å². The summed E-state index contributed by atoms with van der Waals surface area (Å²) < 4.78 is 0. The largest absolute Gasteiger partial charge is 0.477 e. The molecule has 0 spiro atoms. The van der Waals surface area contributed by atoms with Crippen molar-refractivity contribution < 1.29 is 25.0 Å². The number of carboxylic acid groups (broad SMARTS) is 1. The van der Waals surface area contributed by atoms with Crippen molar-refractivity contribution in [3.63, 3.8) is 0 Å². The van der Waals surface area contributed by atoms with E-state index in [1.54, 1.807) is 18.7 Å². The minimum Gasteiger partial charge on any atom is -0.477 e. The van der Waals surface area contributed by atoms with E-state index in [-0.39, 0.29) is 41.2 Å². The lowest BCUT2D eigenvalue weighted by Crippen LogP contribution is -2.63. The number of hydroxylamine groups is 2. The van der Waals surface area contributed by atoms with Crippen molar-refractivity contribution in [3.05, 3.63) is 10.6 Å². The highest BCUT2D eigenvalue weighted by Crippen LogP contribution is 2.51. The molecule has 10 heteroatoms. The van der Waals surface area contributed by atoms with Gasteiger partial charge in [-0.3, -0.25) is 4.79 Å². The second-order valence-electron chi connectivity index (χ2n) is 8.66. The molecule has 4 heterocycles. The number of aliphatic hydroxyl groups excluding tert-OH is 1. The predicted octanol–water partition coefficient (Wildman–Crippen LogP) is 1.13. The average Bonchev–Trinajstić information content (AvgIpc) is 3.28.